The first-order valence-corrected chi connectivity index (χ1v) is 13.1. The summed E-state index contributed by atoms with van der Waals surface area (Å²) in [7, 11) is -3.01. The van der Waals surface area contributed by atoms with Gasteiger partial charge in [0.1, 0.15) is 18.6 Å². The van der Waals surface area contributed by atoms with Gasteiger partial charge in [0, 0.05) is 30.1 Å². The molecule has 2 saturated heterocycles. The summed E-state index contributed by atoms with van der Waals surface area (Å²) in [6.07, 6.45) is 4.48. The number of hydrogen-bond donors (Lipinski definition) is 0. The first kappa shape index (κ1) is 26.2. The molecule has 2 atom stereocenters. The number of esters is 1. The summed E-state index contributed by atoms with van der Waals surface area (Å²) >= 11 is 5.87. The summed E-state index contributed by atoms with van der Waals surface area (Å²) in [5.41, 5.74) is 0.589. The highest BCUT2D eigenvalue weighted by Gasteiger charge is 2.44. The highest BCUT2D eigenvalue weighted by Crippen LogP contribution is 2.25. The quantitative estimate of drug-likeness (QED) is 0.495. The Balaban J connectivity index is 1.80. The van der Waals surface area contributed by atoms with Gasteiger partial charge in [-0.15, -0.1) is 0 Å². The maximum atomic E-state index is 13.3. The summed E-state index contributed by atoms with van der Waals surface area (Å²) < 4.78 is 31.9. The number of sulfonamides is 1. The average Bonchev–Trinajstić information content (AvgIpc) is 3.22. The van der Waals surface area contributed by atoms with E-state index in [1.807, 2.05) is 0 Å². The Kier molecular flexibility index (Phi) is 8.72. The number of carbonyl (C=O) groups excluding carboxylic acids is 3. The van der Waals surface area contributed by atoms with E-state index < -0.39 is 40.5 Å². The van der Waals surface area contributed by atoms with E-state index in [1.165, 1.54) is 11.0 Å². The van der Waals surface area contributed by atoms with Crippen LogP contribution in [0.25, 0.3) is 6.08 Å². The van der Waals surface area contributed by atoms with Crippen molar-refractivity contribution in [3.05, 3.63) is 40.3 Å². The number of benzene rings is 1. The second-order valence-electron chi connectivity index (χ2n) is 8.42. The molecule has 0 aromatic heterocycles. The van der Waals surface area contributed by atoms with Gasteiger partial charge < -0.3 is 14.5 Å². The molecule has 0 N–H and O–H groups in total. The monoisotopic (exact) mass is 511 g/mol. The van der Waals surface area contributed by atoms with Crippen molar-refractivity contribution in [3.8, 4) is 0 Å². The Morgan fingerprint density at radius 2 is 1.82 bits per heavy atom. The van der Waals surface area contributed by atoms with Gasteiger partial charge in [0.05, 0.1) is 7.11 Å². The van der Waals surface area contributed by atoms with Crippen molar-refractivity contribution in [2.45, 2.75) is 44.7 Å². The van der Waals surface area contributed by atoms with Crippen LogP contribution in [0, 0.1) is 0 Å². The van der Waals surface area contributed by atoms with Crippen molar-refractivity contribution in [2.75, 3.05) is 33.3 Å². The normalized spacial score (nSPS) is 20.2. The number of nitrogens with zero attached hydrogens (tertiary/aromatic N) is 3. The number of carbonyl (C=O) groups is 3. The van der Waals surface area contributed by atoms with Crippen LogP contribution in [0.3, 0.4) is 0 Å². The van der Waals surface area contributed by atoms with Crippen LogP contribution in [0.5, 0.6) is 0 Å². The largest absolute Gasteiger partial charge is 0.468 e. The topological polar surface area (TPSA) is 104 Å². The smallest absolute Gasteiger partial charge is 0.321 e. The van der Waals surface area contributed by atoms with E-state index in [0.717, 1.165) is 36.1 Å². The molecule has 0 spiro atoms. The summed E-state index contributed by atoms with van der Waals surface area (Å²) in [4.78, 5) is 41.4. The SMILES string of the molecule is COC(=O)CN([C@H]1CCN([C@@H](C)C(=O)N2CCCCC2)C1=O)S(=O)(=O)C=Cc1ccc(Cl)cc1. The van der Waals surface area contributed by atoms with Crippen LogP contribution in [0.15, 0.2) is 29.7 Å². The van der Waals surface area contributed by atoms with Crippen molar-refractivity contribution in [2.24, 2.45) is 0 Å². The lowest BCUT2D eigenvalue weighted by Crippen LogP contribution is -2.52. The third-order valence-electron chi connectivity index (χ3n) is 6.19. The van der Waals surface area contributed by atoms with Gasteiger partial charge in [-0.3, -0.25) is 14.4 Å². The number of halogens is 1. The van der Waals surface area contributed by atoms with E-state index in [1.54, 1.807) is 36.1 Å². The highest BCUT2D eigenvalue weighted by molar-refractivity contribution is 7.92. The molecule has 1 aromatic carbocycles. The van der Waals surface area contributed by atoms with Gasteiger partial charge in [-0.25, -0.2) is 8.42 Å². The molecule has 2 amide bonds. The second kappa shape index (κ2) is 11.3. The lowest BCUT2D eigenvalue weighted by atomic mass is 10.1. The number of likely N-dealkylation sites (tertiary alicyclic amines) is 2. The summed E-state index contributed by atoms with van der Waals surface area (Å²) in [6, 6.07) is 4.74. The lowest BCUT2D eigenvalue weighted by Gasteiger charge is -2.33. The Bertz CT molecular complexity index is 1040. The van der Waals surface area contributed by atoms with Gasteiger partial charge in [-0.2, -0.15) is 4.31 Å². The molecule has 0 bridgehead atoms. The van der Waals surface area contributed by atoms with Gasteiger partial charge in [0.2, 0.25) is 21.8 Å². The molecule has 0 radical (unpaired) electrons. The molecule has 0 aliphatic carbocycles. The Labute approximate surface area is 205 Å². The Hall–Kier alpha value is -2.43. The number of ether oxygens (including phenoxy) is 1. The van der Waals surface area contributed by atoms with Gasteiger partial charge in [0.25, 0.3) is 0 Å². The van der Waals surface area contributed by atoms with Crippen molar-refractivity contribution in [1.29, 1.82) is 0 Å². The van der Waals surface area contributed by atoms with Crippen LogP contribution < -0.4 is 0 Å². The van der Waals surface area contributed by atoms with Crippen molar-refractivity contribution >= 4 is 45.5 Å². The molecule has 34 heavy (non-hydrogen) atoms. The van der Waals surface area contributed by atoms with Crippen LogP contribution in [-0.4, -0.2) is 85.7 Å². The molecule has 2 aliphatic rings. The third kappa shape index (κ3) is 6.17. The molecule has 2 heterocycles. The zero-order chi connectivity index (χ0) is 24.9. The minimum atomic E-state index is -4.17. The zero-order valence-corrected chi connectivity index (χ0v) is 20.9. The molecule has 9 nitrogen and oxygen atoms in total. The summed E-state index contributed by atoms with van der Waals surface area (Å²) in [6.45, 7) is 2.59. The molecular formula is C23H30ClN3O6S. The van der Waals surface area contributed by atoms with Crippen molar-refractivity contribution in [3.63, 3.8) is 0 Å². The highest BCUT2D eigenvalue weighted by atomic mass is 35.5. The average molecular weight is 512 g/mol. The van der Waals surface area contributed by atoms with Gasteiger partial charge in [-0.05, 0) is 56.4 Å². The molecule has 1 aromatic rings. The van der Waals surface area contributed by atoms with E-state index in [2.05, 4.69) is 4.74 Å². The van der Waals surface area contributed by atoms with E-state index in [9.17, 15) is 22.8 Å². The van der Waals surface area contributed by atoms with Crippen LogP contribution in [0.4, 0.5) is 0 Å². The number of hydrogen-bond acceptors (Lipinski definition) is 6. The van der Waals surface area contributed by atoms with Gasteiger partial charge in [-0.1, -0.05) is 23.7 Å². The van der Waals surface area contributed by atoms with Gasteiger partial charge in [0.15, 0.2) is 0 Å². The lowest BCUT2D eigenvalue weighted by molar-refractivity contribution is -0.145. The van der Waals surface area contributed by atoms with Crippen molar-refractivity contribution < 1.29 is 27.5 Å². The fraction of sp³-hybridized carbons (Fsp3) is 0.522. The minimum Gasteiger partial charge on any atom is -0.468 e. The molecule has 2 fully saturated rings. The number of piperidine rings is 1. The van der Waals surface area contributed by atoms with Crippen LogP contribution in [0.1, 0.15) is 38.2 Å². The Morgan fingerprint density at radius 3 is 2.44 bits per heavy atom. The molecule has 186 valence electrons. The Morgan fingerprint density at radius 1 is 1.18 bits per heavy atom. The van der Waals surface area contributed by atoms with E-state index in [0.29, 0.717) is 23.7 Å². The molecule has 3 rings (SSSR count). The number of rotatable bonds is 8. The predicted octanol–water partition coefficient (Wildman–Crippen LogP) is 2.12. The van der Waals surface area contributed by atoms with Crippen LogP contribution in [0.2, 0.25) is 5.02 Å². The minimum absolute atomic E-state index is 0.140. The summed E-state index contributed by atoms with van der Waals surface area (Å²) in [5.74, 6) is -1.42. The standard InChI is InChI=1S/C23H30ClN3O6S/c1-17(22(29)25-12-4-3-5-13-25)26-14-10-20(23(26)30)27(16-21(28)33-2)34(31,32)15-11-18-6-8-19(24)9-7-18/h6-9,11,15,17,20H,3-5,10,12-14,16H2,1-2H3/t17-,20-/m0/s1. The van der Waals surface area contributed by atoms with Gasteiger partial charge >= 0.3 is 5.97 Å². The fourth-order valence-corrected chi connectivity index (χ4v) is 5.68. The summed E-state index contributed by atoms with van der Waals surface area (Å²) in [5, 5.41) is 1.47. The molecule has 11 heteroatoms. The van der Waals surface area contributed by atoms with Crippen molar-refractivity contribution in [1.82, 2.24) is 14.1 Å². The zero-order valence-electron chi connectivity index (χ0n) is 19.4. The number of methoxy groups -OCH3 is 1. The van der Waals surface area contributed by atoms with Crippen LogP contribution >= 0.6 is 11.6 Å². The van der Waals surface area contributed by atoms with E-state index in [4.69, 9.17) is 11.6 Å². The fourth-order valence-electron chi connectivity index (χ4n) is 4.24. The van der Waals surface area contributed by atoms with E-state index in [-0.39, 0.29) is 18.9 Å². The molecule has 2 aliphatic heterocycles. The first-order valence-electron chi connectivity index (χ1n) is 11.3. The predicted molar refractivity (Wildman–Crippen MR) is 128 cm³/mol. The molecular weight excluding hydrogens is 482 g/mol. The van der Waals surface area contributed by atoms with E-state index >= 15 is 0 Å². The maximum Gasteiger partial charge on any atom is 0.321 e. The third-order valence-corrected chi connectivity index (χ3v) is 7.96. The second-order valence-corrected chi connectivity index (χ2v) is 10.6. The first-order chi connectivity index (χ1) is 16.1. The maximum absolute atomic E-state index is 13.3. The molecule has 0 saturated carbocycles. The van der Waals surface area contributed by atoms with Crippen LogP contribution in [-0.2, 0) is 29.1 Å². The number of amides is 2. The molecule has 0 unspecified atom stereocenters.